The topological polar surface area (TPSA) is 54.4 Å². The van der Waals surface area contributed by atoms with Gasteiger partial charge in [-0.2, -0.15) is 47.9 Å². The van der Waals surface area contributed by atoms with E-state index in [1.54, 1.807) is 23.1 Å². The Kier molecular flexibility index (Phi) is 8.24. The van der Waals surface area contributed by atoms with Crippen LogP contribution < -0.4 is 0 Å². The Labute approximate surface area is 177 Å². The fourth-order valence-electron chi connectivity index (χ4n) is 1.49. The van der Waals surface area contributed by atoms with E-state index in [2.05, 4.69) is 43.0 Å². The molecule has 0 atom stereocenters. The fourth-order valence-corrected chi connectivity index (χ4v) is 4.36. The van der Waals surface area contributed by atoms with E-state index in [1.807, 2.05) is 12.1 Å². The fraction of sp³-hybridized carbons (Fsp3) is 0.286. The van der Waals surface area contributed by atoms with Crippen molar-refractivity contribution in [2.24, 2.45) is 0 Å². The van der Waals surface area contributed by atoms with Gasteiger partial charge in [0, 0.05) is 4.90 Å². The molecule has 1 heterocycles. The number of rotatable bonds is 5. The number of hydrogen-bond donors (Lipinski definition) is 2. The number of alkyl halides is 9. The van der Waals surface area contributed by atoms with Gasteiger partial charge in [0.25, 0.3) is 0 Å². The highest BCUT2D eigenvalue weighted by Crippen LogP contribution is 2.54. The predicted octanol–water partition coefficient (Wildman–Crippen LogP) is 6.49. The molecule has 0 fully saturated rings. The van der Waals surface area contributed by atoms with Gasteiger partial charge in [-0.1, -0.05) is 30.0 Å². The van der Waals surface area contributed by atoms with Gasteiger partial charge in [0.15, 0.2) is 0 Å². The SMILES string of the molecule is O=S(=O)(O)C(F)(F)C(F)(F)C(F)(F)C(F)(F)F.Sc1ccc(Sc2ccccc2)s1. The highest BCUT2D eigenvalue weighted by molar-refractivity contribution is 8.01. The molecule has 0 unspecified atom stereocenters. The van der Waals surface area contributed by atoms with Crippen LogP contribution in [0.3, 0.4) is 0 Å². The minimum atomic E-state index is -7.37. The number of hydrogen-bond acceptors (Lipinski definition) is 5. The number of benzene rings is 1. The Hall–Kier alpha value is -1.10. The highest BCUT2D eigenvalue weighted by Gasteiger charge is 2.85. The van der Waals surface area contributed by atoms with Crippen LogP contribution >= 0.6 is 35.7 Å². The maximum absolute atomic E-state index is 12.2. The van der Waals surface area contributed by atoms with E-state index in [0.29, 0.717) is 0 Å². The molecule has 0 amide bonds. The molecule has 0 aliphatic rings. The van der Waals surface area contributed by atoms with E-state index in [0.717, 1.165) is 4.21 Å². The first-order valence-electron chi connectivity index (χ1n) is 7.03. The quantitative estimate of drug-likeness (QED) is 0.267. The van der Waals surface area contributed by atoms with Crippen LogP contribution in [0.2, 0.25) is 0 Å². The molecule has 0 spiro atoms. The van der Waals surface area contributed by atoms with Crippen LogP contribution in [0, 0.1) is 0 Å². The lowest BCUT2D eigenvalue weighted by molar-refractivity contribution is -0.382. The second-order valence-electron chi connectivity index (χ2n) is 5.15. The zero-order chi connectivity index (χ0) is 23.6. The summed E-state index contributed by atoms with van der Waals surface area (Å²) in [6.07, 6.45) is -7.13. The number of thiophene rings is 1. The molecule has 2 aromatic rings. The van der Waals surface area contributed by atoms with Gasteiger partial charge in [0.2, 0.25) is 0 Å². The van der Waals surface area contributed by atoms with Gasteiger partial charge < -0.3 is 0 Å². The number of thiol groups is 1. The maximum Gasteiger partial charge on any atom is 0.460 e. The molecule has 1 aromatic carbocycles. The molecule has 16 heteroatoms. The van der Waals surface area contributed by atoms with Crippen LogP contribution in [0.25, 0.3) is 0 Å². The summed E-state index contributed by atoms with van der Waals surface area (Å²) in [6, 6.07) is 14.5. The summed E-state index contributed by atoms with van der Waals surface area (Å²) in [5.41, 5.74) is 0. The molecule has 0 saturated carbocycles. The lowest BCUT2D eigenvalue weighted by atomic mass is 10.1. The zero-order valence-corrected chi connectivity index (χ0v) is 17.2. The van der Waals surface area contributed by atoms with Crippen LogP contribution in [0.5, 0.6) is 0 Å². The van der Waals surface area contributed by atoms with E-state index in [9.17, 15) is 47.9 Å². The zero-order valence-electron chi connectivity index (χ0n) is 13.9. The molecule has 3 nitrogen and oxygen atoms in total. The molecular formula is C14H9F9O3S4. The van der Waals surface area contributed by atoms with Crippen LogP contribution in [0.15, 0.2) is 55.8 Å². The Morgan fingerprint density at radius 1 is 0.833 bits per heavy atom. The molecule has 170 valence electrons. The van der Waals surface area contributed by atoms with Crippen molar-refractivity contribution in [1.29, 1.82) is 0 Å². The molecule has 0 radical (unpaired) electrons. The first-order valence-corrected chi connectivity index (χ1v) is 10.6. The van der Waals surface area contributed by atoms with Crippen LogP contribution in [-0.2, 0) is 10.1 Å². The van der Waals surface area contributed by atoms with Gasteiger partial charge in [-0.25, -0.2) is 0 Å². The van der Waals surface area contributed by atoms with Gasteiger partial charge in [0.05, 0.1) is 8.42 Å². The number of halogens is 9. The van der Waals surface area contributed by atoms with Gasteiger partial charge >= 0.3 is 33.4 Å². The Morgan fingerprint density at radius 2 is 1.33 bits per heavy atom. The molecule has 0 aliphatic carbocycles. The Balaban J connectivity index is 0.000000308. The van der Waals surface area contributed by atoms with Crippen LogP contribution in [0.1, 0.15) is 0 Å². The van der Waals surface area contributed by atoms with Crippen LogP contribution in [-0.4, -0.2) is 36.2 Å². The van der Waals surface area contributed by atoms with Gasteiger partial charge in [-0.15, -0.1) is 24.0 Å². The van der Waals surface area contributed by atoms with Crippen molar-refractivity contribution >= 4 is 45.8 Å². The molecular weight excluding hydrogens is 515 g/mol. The van der Waals surface area contributed by atoms with Crippen molar-refractivity contribution < 1.29 is 52.5 Å². The van der Waals surface area contributed by atoms with Crippen molar-refractivity contribution in [3.05, 3.63) is 42.5 Å². The van der Waals surface area contributed by atoms with Crippen molar-refractivity contribution in [3.8, 4) is 0 Å². The smallest absolute Gasteiger partial charge is 0.281 e. The van der Waals surface area contributed by atoms with Crippen molar-refractivity contribution in [3.63, 3.8) is 0 Å². The largest absolute Gasteiger partial charge is 0.460 e. The van der Waals surface area contributed by atoms with E-state index in [-0.39, 0.29) is 0 Å². The minimum absolute atomic E-state index is 1.07. The van der Waals surface area contributed by atoms with Crippen molar-refractivity contribution in [2.75, 3.05) is 0 Å². The summed E-state index contributed by atoms with van der Waals surface area (Å²) in [6.45, 7) is 0. The average Bonchev–Trinajstić information content (AvgIpc) is 2.99. The second kappa shape index (κ2) is 9.18. The lowest BCUT2D eigenvalue weighted by Gasteiger charge is -2.31. The molecule has 0 bridgehead atoms. The third kappa shape index (κ3) is 5.77. The average molecular weight is 524 g/mol. The molecule has 2 rings (SSSR count). The maximum atomic E-state index is 12.2. The monoisotopic (exact) mass is 524 g/mol. The van der Waals surface area contributed by atoms with Crippen molar-refractivity contribution in [1.82, 2.24) is 0 Å². The van der Waals surface area contributed by atoms with Gasteiger partial charge in [0.1, 0.15) is 0 Å². The van der Waals surface area contributed by atoms with Gasteiger partial charge in [-0.3, -0.25) is 4.55 Å². The predicted molar refractivity (Wildman–Crippen MR) is 94.6 cm³/mol. The molecule has 1 N–H and O–H groups in total. The summed E-state index contributed by atoms with van der Waals surface area (Å²) in [7, 11) is -7.17. The highest BCUT2D eigenvalue weighted by atomic mass is 32.2. The lowest BCUT2D eigenvalue weighted by Crippen LogP contribution is -2.63. The van der Waals surface area contributed by atoms with Crippen LogP contribution in [0.4, 0.5) is 39.5 Å². The standard InChI is InChI=1S/C10H8S3.C4HF9O3S/c11-9-6-7-10(13-9)12-8-4-2-1-3-5-8;5-1(6,3(9,10)11)2(7,8)4(12,13)17(14,15)16/h1-7,11H;(H,14,15,16). The molecule has 1 aromatic heterocycles. The molecule has 0 aliphatic heterocycles. The first-order chi connectivity index (χ1) is 13.3. The van der Waals surface area contributed by atoms with E-state index in [1.165, 1.54) is 9.10 Å². The Bertz CT molecular complexity index is 941. The van der Waals surface area contributed by atoms with Gasteiger partial charge in [-0.05, 0) is 24.3 Å². The normalized spacial score (nSPS) is 13.6. The summed E-state index contributed by atoms with van der Waals surface area (Å²) < 4.78 is 136. The first kappa shape index (κ1) is 26.9. The second-order valence-corrected chi connectivity index (χ2v) is 9.85. The van der Waals surface area contributed by atoms with Crippen molar-refractivity contribution in [2.45, 2.75) is 36.6 Å². The summed E-state index contributed by atoms with van der Waals surface area (Å²) in [5.74, 6) is -14.7. The third-order valence-corrected chi connectivity index (χ3v) is 6.32. The minimum Gasteiger partial charge on any atom is -0.281 e. The summed E-state index contributed by atoms with van der Waals surface area (Å²) in [4.78, 5) is 1.28. The Morgan fingerprint density at radius 3 is 1.70 bits per heavy atom. The third-order valence-electron chi connectivity index (χ3n) is 2.97. The molecule has 30 heavy (non-hydrogen) atoms. The summed E-state index contributed by atoms with van der Waals surface area (Å²) >= 11 is 7.76. The summed E-state index contributed by atoms with van der Waals surface area (Å²) in [5, 5.41) is -7.00. The van der Waals surface area contributed by atoms with E-state index in [4.69, 9.17) is 4.55 Å². The van der Waals surface area contributed by atoms with E-state index >= 15 is 0 Å². The van der Waals surface area contributed by atoms with E-state index < -0.39 is 33.4 Å². The molecule has 0 saturated heterocycles.